The van der Waals surface area contributed by atoms with Crippen LogP contribution in [-0.4, -0.2) is 17.0 Å². The van der Waals surface area contributed by atoms with Gasteiger partial charge in [0.1, 0.15) is 6.26 Å². The first-order chi connectivity index (χ1) is 10.1. The van der Waals surface area contributed by atoms with Crippen LogP contribution in [0, 0.1) is 6.92 Å². The minimum Gasteiger partial charge on any atom is -0.481 e. The molecule has 0 fully saturated rings. The highest BCUT2D eigenvalue weighted by Crippen LogP contribution is 2.40. The lowest BCUT2D eigenvalue weighted by Crippen LogP contribution is -2.27. The second kappa shape index (κ2) is 5.09. The zero-order valence-electron chi connectivity index (χ0n) is 11.5. The van der Waals surface area contributed by atoms with Crippen molar-refractivity contribution in [2.45, 2.75) is 25.3 Å². The molecular formula is C16H15NO4. The van der Waals surface area contributed by atoms with Gasteiger partial charge in [0.05, 0.1) is 23.8 Å². The molecule has 2 atom stereocenters. The molecule has 5 heteroatoms. The highest BCUT2D eigenvalue weighted by molar-refractivity contribution is 5.95. The van der Waals surface area contributed by atoms with Crippen LogP contribution in [0.1, 0.15) is 45.4 Å². The van der Waals surface area contributed by atoms with E-state index < -0.39 is 11.9 Å². The first kappa shape index (κ1) is 13.4. The minimum absolute atomic E-state index is 0.243. The molecular weight excluding hydrogens is 270 g/mol. The maximum Gasteiger partial charge on any atom is 0.311 e. The molecule has 0 saturated heterocycles. The van der Waals surface area contributed by atoms with Gasteiger partial charge in [0.2, 0.25) is 0 Å². The standard InChI is InChI=1S/C16H15NO4/c1-9-7-21-8-13(9)15(18)17-14-6-12(16(19)20)10-4-2-3-5-11(10)14/h2-5,7-8,12,14H,6H2,1H3,(H,17,18)(H,19,20). The van der Waals surface area contributed by atoms with Gasteiger partial charge in [0.15, 0.2) is 0 Å². The number of nitrogens with one attached hydrogen (secondary N) is 1. The molecule has 0 radical (unpaired) electrons. The predicted molar refractivity (Wildman–Crippen MR) is 75.1 cm³/mol. The van der Waals surface area contributed by atoms with Crippen molar-refractivity contribution in [1.82, 2.24) is 5.32 Å². The van der Waals surface area contributed by atoms with Gasteiger partial charge < -0.3 is 14.8 Å². The van der Waals surface area contributed by atoms with E-state index in [0.29, 0.717) is 12.0 Å². The first-order valence-electron chi connectivity index (χ1n) is 6.73. The lowest BCUT2D eigenvalue weighted by atomic mass is 10.0. The molecule has 0 saturated carbocycles. The van der Waals surface area contributed by atoms with E-state index in [1.807, 2.05) is 24.3 Å². The van der Waals surface area contributed by atoms with Crippen molar-refractivity contribution < 1.29 is 19.1 Å². The van der Waals surface area contributed by atoms with E-state index >= 15 is 0 Å². The second-order valence-electron chi connectivity index (χ2n) is 5.25. The number of rotatable bonds is 3. The average Bonchev–Trinajstić information content (AvgIpc) is 3.03. The number of furan rings is 1. The molecule has 0 bridgehead atoms. The van der Waals surface area contributed by atoms with Crippen molar-refractivity contribution in [2.75, 3.05) is 0 Å². The number of hydrogen-bond donors (Lipinski definition) is 2. The second-order valence-corrected chi connectivity index (χ2v) is 5.25. The number of fused-ring (bicyclic) bond motifs is 1. The molecule has 1 aliphatic carbocycles. The quantitative estimate of drug-likeness (QED) is 0.908. The van der Waals surface area contributed by atoms with Gasteiger partial charge in [-0.2, -0.15) is 0 Å². The van der Waals surface area contributed by atoms with Gasteiger partial charge in [-0.05, 0) is 30.0 Å². The van der Waals surface area contributed by atoms with Crippen LogP contribution >= 0.6 is 0 Å². The largest absolute Gasteiger partial charge is 0.481 e. The number of carboxylic acids is 1. The monoisotopic (exact) mass is 285 g/mol. The van der Waals surface area contributed by atoms with Gasteiger partial charge in [0, 0.05) is 0 Å². The molecule has 2 aromatic rings. The molecule has 1 aromatic heterocycles. The van der Waals surface area contributed by atoms with Gasteiger partial charge in [-0.25, -0.2) is 0 Å². The fourth-order valence-corrected chi connectivity index (χ4v) is 2.83. The minimum atomic E-state index is -0.862. The Hall–Kier alpha value is -2.56. The van der Waals surface area contributed by atoms with E-state index in [1.54, 1.807) is 6.92 Å². The third-order valence-electron chi connectivity index (χ3n) is 3.92. The summed E-state index contributed by atoms with van der Waals surface area (Å²) in [6, 6.07) is 7.06. The summed E-state index contributed by atoms with van der Waals surface area (Å²) < 4.78 is 5.00. The van der Waals surface area contributed by atoms with Crippen LogP contribution in [-0.2, 0) is 4.79 Å². The number of amides is 1. The molecule has 5 nitrogen and oxygen atoms in total. The predicted octanol–water partition coefficient (Wildman–Crippen LogP) is 2.63. The van der Waals surface area contributed by atoms with Gasteiger partial charge in [-0.1, -0.05) is 24.3 Å². The van der Waals surface area contributed by atoms with E-state index in [2.05, 4.69) is 5.32 Å². The average molecular weight is 285 g/mol. The number of aryl methyl sites for hydroxylation is 1. The zero-order chi connectivity index (χ0) is 15.0. The Morgan fingerprint density at radius 2 is 1.95 bits per heavy atom. The van der Waals surface area contributed by atoms with E-state index in [0.717, 1.165) is 16.7 Å². The lowest BCUT2D eigenvalue weighted by molar-refractivity contribution is -0.138. The Morgan fingerprint density at radius 1 is 1.24 bits per heavy atom. The summed E-state index contributed by atoms with van der Waals surface area (Å²) in [6.45, 7) is 1.79. The van der Waals surface area contributed by atoms with Crippen molar-refractivity contribution in [2.24, 2.45) is 0 Å². The molecule has 0 spiro atoms. The van der Waals surface area contributed by atoms with Crippen molar-refractivity contribution >= 4 is 11.9 Å². The Morgan fingerprint density at radius 3 is 2.57 bits per heavy atom. The smallest absolute Gasteiger partial charge is 0.311 e. The van der Waals surface area contributed by atoms with E-state index in [-0.39, 0.29) is 11.9 Å². The third-order valence-corrected chi connectivity index (χ3v) is 3.92. The lowest BCUT2D eigenvalue weighted by Gasteiger charge is -2.13. The van der Waals surface area contributed by atoms with E-state index in [9.17, 15) is 14.7 Å². The first-order valence-corrected chi connectivity index (χ1v) is 6.73. The van der Waals surface area contributed by atoms with Crippen LogP contribution < -0.4 is 5.32 Å². The molecule has 0 aliphatic heterocycles. The number of carboxylic acid groups (broad SMARTS) is 1. The summed E-state index contributed by atoms with van der Waals surface area (Å²) in [5.41, 5.74) is 2.89. The summed E-state index contributed by atoms with van der Waals surface area (Å²) in [7, 11) is 0. The molecule has 3 rings (SSSR count). The molecule has 108 valence electrons. The molecule has 21 heavy (non-hydrogen) atoms. The normalized spacial score (nSPS) is 20.0. The van der Waals surface area contributed by atoms with Crippen molar-refractivity contribution in [1.29, 1.82) is 0 Å². The highest BCUT2D eigenvalue weighted by Gasteiger charge is 2.36. The Balaban J connectivity index is 1.86. The van der Waals surface area contributed by atoms with Crippen molar-refractivity contribution in [3.8, 4) is 0 Å². The van der Waals surface area contributed by atoms with Gasteiger partial charge >= 0.3 is 5.97 Å². The van der Waals surface area contributed by atoms with Crippen molar-refractivity contribution in [3.05, 3.63) is 59.0 Å². The molecule has 1 heterocycles. The van der Waals surface area contributed by atoms with Crippen LogP contribution in [0.4, 0.5) is 0 Å². The van der Waals surface area contributed by atoms with Crippen LogP contribution in [0.5, 0.6) is 0 Å². The van der Waals surface area contributed by atoms with Crippen LogP contribution in [0.25, 0.3) is 0 Å². The maximum atomic E-state index is 12.3. The number of hydrogen-bond acceptors (Lipinski definition) is 3. The number of carbonyl (C=O) groups excluding carboxylic acids is 1. The summed E-state index contributed by atoms with van der Waals surface area (Å²) in [6.07, 6.45) is 3.29. The fourth-order valence-electron chi connectivity index (χ4n) is 2.83. The van der Waals surface area contributed by atoms with Crippen LogP contribution in [0.2, 0.25) is 0 Å². The number of benzene rings is 1. The zero-order valence-corrected chi connectivity index (χ0v) is 11.5. The SMILES string of the molecule is Cc1cocc1C(=O)NC1CC(C(=O)O)c2ccccc21. The van der Waals surface area contributed by atoms with Crippen LogP contribution in [0.15, 0.2) is 41.2 Å². The maximum absolute atomic E-state index is 12.3. The van der Waals surface area contributed by atoms with Gasteiger partial charge in [0.25, 0.3) is 5.91 Å². The summed E-state index contributed by atoms with van der Waals surface area (Å²) in [5, 5.41) is 12.2. The van der Waals surface area contributed by atoms with Gasteiger partial charge in [-0.15, -0.1) is 0 Å². The topological polar surface area (TPSA) is 79.5 Å². The number of aliphatic carboxylic acids is 1. The third kappa shape index (κ3) is 2.31. The summed E-state index contributed by atoms with van der Waals surface area (Å²) >= 11 is 0. The van der Waals surface area contributed by atoms with Gasteiger partial charge in [-0.3, -0.25) is 9.59 Å². The van der Waals surface area contributed by atoms with E-state index in [1.165, 1.54) is 12.5 Å². The summed E-state index contributed by atoms with van der Waals surface area (Å²) in [5.74, 6) is -1.68. The molecule has 1 aliphatic rings. The number of carbonyl (C=O) groups is 2. The van der Waals surface area contributed by atoms with Crippen LogP contribution in [0.3, 0.4) is 0 Å². The molecule has 1 aromatic carbocycles. The van der Waals surface area contributed by atoms with E-state index in [4.69, 9.17) is 4.42 Å². The Labute approximate surface area is 121 Å². The molecule has 2 N–H and O–H groups in total. The Bertz CT molecular complexity index is 704. The Kier molecular flexibility index (Phi) is 3.25. The highest BCUT2D eigenvalue weighted by atomic mass is 16.4. The molecule has 1 amide bonds. The molecule has 2 unspecified atom stereocenters. The summed E-state index contributed by atoms with van der Waals surface area (Å²) in [4.78, 5) is 23.6. The van der Waals surface area contributed by atoms with Crippen molar-refractivity contribution in [3.63, 3.8) is 0 Å². The fraction of sp³-hybridized carbons (Fsp3) is 0.250.